The molecule has 0 spiro atoms. The number of aromatic nitrogens is 2. The van der Waals surface area contributed by atoms with Crippen LogP contribution in [0.5, 0.6) is 0 Å². The van der Waals surface area contributed by atoms with Crippen molar-refractivity contribution in [3.63, 3.8) is 0 Å². The molecule has 0 aliphatic rings. The minimum absolute atomic E-state index is 0.0265. The van der Waals surface area contributed by atoms with Crippen molar-refractivity contribution in [2.45, 2.75) is 52.2 Å². The van der Waals surface area contributed by atoms with Gasteiger partial charge in [-0.1, -0.05) is 44.2 Å². The average molecular weight is 281 g/mol. The first-order valence-electron chi connectivity index (χ1n) is 7.01. The van der Waals surface area contributed by atoms with E-state index in [1.54, 1.807) is 0 Å². The van der Waals surface area contributed by atoms with E-state index in [9.17, 15) is 5.11 Å². The Morgan fingerprint density at radius 1 is 1.21 bits per heavy atom. The lowest BCUT2D eigenvalue weighted by molar-refractivity contribution is 0.265. The summed E-state index contributed by atoms with van der Waals surface area (Å²) in [5.41, 5.74) is 1.93. The fraction of sp³-hybridized carbons (Fsp3) is 0.533. The maximum Gasteiger partial charge on any atom is 0.135 e. The summed E-state index contributed by atoms with van der Waals surface area (Å²) in [5, 5.41) is 10.1. The Bertz CT molecular complexity index is 536. The SMILES string of the molecule is CCCCCCCn1c(CO)nc2cc(Cl)ccc21. The molecule has 104 valence electrons. The number of aliphatic hydroxyl groups is 1. The molecule has 0 aliphatic carbocycles. The van der Waals surface area contributed by atoms with Crippen molar-refractivity contribution in [2.75, 3.05) is 0 Å². The second-order valence-corrected chi connectivity index (χ2v) is 5.32. The Balaban J connectivity index is 2.11. The maximum atomic E-state index is 9.41. The molecule has 0 amide bonds. The van der Waals surface area contributed by atoms with Crippen LogP contribution in [0.25, 0.3) is 11.0 Å². The van der Waals surface area contributed by atoms with Gasteiger partial charge in [0.25, 0.3) is 0 Å². The quantitative estimate of drug-likeness (QED) is 0.774. The zero-order valence-electron chi connectivity index (χ0n) is 11.4. The molecular formula is C15H21ClN2O. The summed E-state index contributed by atoms with van der Waals surface area (Å²) >= 11 is 5.97. The van der Waals surface area contributed by atoms with Crippen molar-refractivity contribution in [3.05, 3.63) is 29.0 Å². The first kappa shape index (κ1) is 14.4. The third kappa shape index (κ3) is 3.48. The largest absolute Gasteiger partial charge is 0.388 e. The molecule has 2 aromatic rings. The summed E-state index contributed by atoms with van der Waals surface area (Å²) < 4.78 is 2.11. The van der Waals surface area contributed by atoms with Crippen molar-refractivity contribution in [1.82, 2.24) is 9.55 Å². The Hall–Kier alpha value is -1.06. The molecule has 1 aromatic carbocycles. The second kappa shape index (κ2) is 6.92. The smallest absolute Gasteiger partial charge is 0.135 e. The summed E-state index contributed by atoms with van der Waals surface area (Å²) in [6, 6.07) is 5.71. The molecule has 0 saturated carbocycles. The number of aryl methyl sites for hydroxylation is 1. The summed E-state index contributed by atoms with van der Waals surface area (Å²) in [6.07, 6.45) is 6.19. The fourth-order valence-electron chi connectivity index (χ4n) is 2.40. The monoisotopic (exact) mass is 280 g/mol. The van der Waals surface area contributed by atoms with E-state index >= 15 is 0 Å². The van der Waals surface area contributed by atoms with Crippen LogP contribution in [0.15, 0.2) is 18.2 Å². The first-order valence-corrected chi connectivity index (χ1v) is 7.39. The molecule has 19 heavy (non-hydrogen) atoms. The number of hydrogen-bond donors (Lipinski definition) is 1. The number of aliphatic hydroxyl groups excluding tert-OH is 1. The molecule has 4 heteroatoms. The maximum absolute atomic E-state index is 9.41. The van der Waals surface area contributed by atoms with Crippen molar-refractivity contribution >= 4 is 22.6 Å². The normalized spacial score (nSPS) is 11.3. The zero-order chi connectivity index (χ0) is 13.7. The standard InChI is InChI=1S/C15H21ClN2O/c1-2-3-4-5-6-9-18-14-8-7-12(16)10-13(14)17-15(18)11-19/h7-8,10,19H,2-6,9,11H2,1H3. The van der Waals surface area contributed by atoms with E-state index in [0.29, 0.717) is 5.02 Å². The lowest BCUT2D eigenvalue weighted by Gasteiger charge is -2.07. The van der Waals surface area contributed by atoms with Crippen LogP contribution in [0.1, 0.15) is 44.9 Å². The molecule has 0 atom stereocenters. The fourth-order valence-corrected chi connectivity index (χ4v) is 2.56. The van der Waals surface area contributed by atoms with Crippen molar-refractivity contribution in [1.29, 1.82) is 0 Å². The molecule has 0 bridgehead atoms. The van der Waals surface area contributed by atoms with E-state index in [2.05, 4.69) is 16.5 Å². The third-order valence-electron chi connectivity index (χ3n) is 3.42. The van der Waals surface area contributed by atoms with Crippen molar-refractivity contribution in [2.24, 2.45) is 0 Å². The molecular weight excluding hydrogens is 260 g/mol. The van der Waals surface area contributed by atoms with Crippen molar-refractivity contribution in [3.8, 4) is 0 Å². The van der Waals surface area contributed by atoms with Gasteiger partial charge in [0.05, 0.1) is 11.0 Å². The summed E-state index contributed by atoms with van der Waals surface area (Å²) in [4.78, 5) is 4.44. The van der Waals surface area contributed by atoms with Crippen LogP contribution in [-0.4, -0.2) is 14.7 Å². The molecule has 0 fully saturated rings. The molecule has 3 nitrogen and oxygen atoms in total. The molecule has 0 unspecified atom stereocenters. The minimum Gasteiger partial charge on any atom is -0.388 e. The summed E-state index contributed by atoms with van der Waals surface area (Å²) in [7, 11) is 0. The van der Waals surface area contributed by atoms with Gasteiger partial charge in [0, 0.05) is 11.6 Å². The Kier molecular flexibility index (Phi) is 5.23. The lowest BCUT2D eigenvalue weighted by Crippen LogP contribution is -2.04. The number of nitrogens with zero attached hydrogens (tertiary/aromatic N) is 2. The Labute approximate surface area is 119 Å². The van der Waals surface area contributed by atoms with Gasteiger partial charge >= 0.3 is 0 Å². The van der Waals surface area contributed by atoms with Gasteiger partial charge in [-0.2, -0.15) is 0 Å². The van der Waals surface area contributed by atoms with Gasteiger partial charge in [-0.15, -0.1) is 0 Å². The molecule has 1 aromatic heterocycles. The van der Waals surface area contributed by atoms with Gasteiger partial charge in [0.15, 0.2) is 0 Å². The van der Waals surface area contributed by atoms with E-state index in [0.717, 1.165) is 29.8 Å². The van der Waals surface area contributed by atoms with E-state index < -0.39 is 0 Å². The number of halogens is 1. The van der Waals surface area contributed by atoms with Gasteiger partial charge in [-0.3, -0.25) is 0 Å². The molecule has 0 saturated heterocycles. The number of unbranched alkanes of at least 4 members (excludes halogenated alkanes) is 4. The lowest BCUT2D eigenvalue weighted by atomic mass is 10.1. The molecule has 0 radical (unpaired) electrons. The topological polar surface area (TPSA) is 38.0 Å². The van der Waals surface area contributed by atoms with Gasteiger partial charge in [0.2, 0.25) is 0 Å². The number of fused-ring (bicyclic) bond motifs is 1. The number of benzene rings is 1. The van der Waals surface area contributed by atoms with Gasteiger partial charge in [-0.25, -0.2) is 4.98 Å². The van der Waals surface area contributed by atoms with Crippen LogP contribution in [0, 0.1) is 0 Å². The summed E-state index contributed by atoms with van der Waals surface area (Å²) in [5.74, 6) is 0.729. The van der Waals surface area contributed by atoms with E-state index in [-0.39, 0.29) is 6.61 Å². The number of hydrogen-bond acceptors (Lipinski definition) is 2. The van der Waals surface area contributed by atoms with E-state index in [4.69, 9.17) is 11.6 Å². The predicted octanol–water partition coefficient (Wildman–Crippen LogP) is 4.15. The van der Waals surface area contributed by atoms with Gasteiger partial charge in [-0.05, 0) is 24.6 Å². The molecule has 2 rings (SSSR count). The summed E-state index contributed by atoms with van der Waals surface area (Å²) in [6.45, 7) is 3.11. The highest BCUT2D eigenvalue weighted by Crippen LogP contribution is 2.21. The number of imidazole rings is 1. The highest BCUT2D eigenvalue weighted by molar-refractivity contribution is 6.31. The predicted molar refractivity (Wildman–Crippen MR) is 79.4 cm³/mol. The van der Waals surface area contributed by atoms with Crippen LogP contribution in [0.2, 0.25) is 5.02 Å². The Morgan fingerprint density at radius 3 is 2.74 bits per heavy atom. The highest BCUT2D eigenvalue weighted by atomic mass is 35.5. The van der Waals surface area contributed by atoms with Crippen LogP contribution in [-0.2, 0) is 13.2 Å². The van der Waals surface area contributed by atoms with E-state index in [1.807, 2.05) is 18.2 Å². The van der Waals surface area contributed by atoms with Crippen LogP contribution in [0.3, 0.4) is 0 Å². The Morgan fingerprint density at radius 2 is 2.00 bits per heavy atom. The van der Waals surface area contributed by atoms with Gasteiger partial charge < -0.3 is 9.67 Å². The molecule has 1 N–H and O–H groups in total. The van der Waals surface area contributed by atoms with Crippen LogP contribution >= 0.6 is 11.6 Å². The van der Waals surface area contributed by atoms with E-state index in [1.165, 1.54) is 25.7 Å². The zero-order valence-corrected chi connectivity index (χ0v) is 12.2. The minimum atomic E-state index is -0.0265. The van der Waals surface area contributed by atoms with Crippen molar-refractivity contribution < 1.29 is 5.11 Å². The second-order valence-electron chi connectivity index (χ2n) is 4.89. The van der Waals surface area contributed by atoms with Gasteiger partial charge in [0.1, 0.15) is 12.4 Å². The number of rotatable bonds is 7. The van der Waals surface area contributed by atoms with Crippen LogP contribution < -0.4 is 0 Å². The first-order chi connectivity index (χ1) is 9.26. The van der Waals surface area contributed by atoms with Crippen LogP contribution in [0.4, 0.5) is 0 Å². The third-order valence-corrected chi connectivity index (χ3v) is 3.65. The highest BCUT2D eigenvalue weighted by Gasteiger charge is 2.09. The molecule has 0 aliphatic heterocycles. The average Bonchev–Trinajstić information content (AvgIpc) is 2.75. The molecule has 1 heterocycles.